The summed E-state index contributed by atoms with van der Waals surface area (Å²) in [6.07, 6.45) is 1.77. The number of aryl methyl sites for hydroxylation is 2. The molecule has 1 aliphatic rings. The van der Waals surface area contributed by atoms with Crippen LogP contribution >= 0.6 is 0 Å². The topological polar surface area (TPSA) is 81.4 Å². The zero-order chi connectivity index (χ0) is 21.7. The van der Waals surface area contributed by atoms with E-state index in [1.165, 1.54) is 10.2 Å². The van der Waals surface area contributed by atoms with E-state index in [4.69, 9.17) is 4.74 Å². The molecule has 3 rings (SSSR count). The predicted octanol–water partition coefficient (Wildman–Crippen LogP) is 2.15. The molecule has 0 radical (unpaired) electrons. The van der Waals surface area contributed by atoms with E-state index in [1.807, 2.05) is 32.9 Å². The van der Waals surface area contributed by atoms with Crippen LogP contribution in [0.4, 0.5) is 5.69 Å². The number of aromatic nitrogens is 3. The minimum absolute atomic E-state index is 0.00899. The van der Waals surface area contributed by atoms with Gasteiger partial charge in [0.25, 0.3) is 0 Å². The number of methoxy groups -OCH3 is 1. The first kappa shape index (κ1) is 22.2. The fraction of sp³-hybridized carbons (Fsp3) is 0.591. The van der Waals surface area contributed by atoms with Gasteiger partial charge in [-0.3, -0.25) is 14.3 Å². The number of likely N-dealkylation sites (tertiary alicyclic amines) is 1. The van der Waals surface area contributed by atoms with Gasteiger partial charge >= 0.3 is 5.69 Å². The van der Waals surface area contributed by atoms with E-state index in [9.17, 15) is 9.59 Å². The van der Waals surface area contributed by atoms with Crippen LogP contribution in [0.15, 0.2) is 23.0 Å². The first-order chi connectivity index (χ1) is 14.4. The summed E-state index contributed by atoms with van der Waals surface area (Å²) in [4.78, 5) is 27.2. The monoisotopic (exact) mass is 415 g/mol. The zero-order valence-corrected chi connectivity index (χ0v) is 18.5. The van der Waals surface area contributed by atoms with Gasteiger partial charge in [0.2, 0.25) is 5.91 Å². The molecule has 2 aromatic rings. The highest BCUT2D eigenvalue weighted by Crippen LogP contribution is 2.26. The Morgan fingerprint density at radius 3 is 2.63 bits per heavy atom. The number of amides is 1. The van der Waals surface area contributed by atoms with Crippen LogP contribution in [-0.4, -0.2) is 58.5 Å². The van der Waals surface area contributed by atoms with Crippen LogP contribution < -0.4 is 11.0 Å². The summed E-state index contributed by atoms with van der Waals surface area (Å²) in [5.74, 6) is 1.10. The average Bonchev–Trinajstić information content (AvgIpc) is 3.04. The molecule has 0 aliphatic carbocycles. The molecule has 1 amide bonds. The molecule has 2 heterocycles. The Morgan fingerprint density at radius 1 is 1.27 bits per heavy atom. The number of nitrogens with zero attached hydrogens (tertiary/aromatic N) is 4. The summed E-state index contributed by atoms with van der Waals surface area (Å²) in [6.45, 7) is 9.57. The standard InChI is InChI=1S/C22H33N5O3/c1-5-26-21(24-27(22(26)29)12-13-30-4)18-8-10-25(11-9-18)15-20(28)23-19-7-6-16(2)14-17(19)3/h6-7,14,18H,5,8-13,15H2,1-4H3,(H,23,28). The largest absolute Gasteiger partial charge is 0.383 e. The average molecular weight is 416 g/mol. The van der Waals surface area contributed by atoms with Crippen LogP contribution in [0.3, 0.4) is 0 Å². The molecule has 1 saturated heterocycles. The quantitative estimate of drug-likeness (QED) is 0.714. The lowest BCUT2D eigenvalue weighted by atomic mass is 9.96. The number of anilines is 1. The molecule has 164 valence electrons. The SMILES string of the molecule is CCn1c(C2CCN(CC(=O)Nc3ccc(C)cc3C)CC2)nn(CCOC)c1=O. The molecule has 8 heteroatoms. The molecule has 0 unspecified atom stereocenters. The highest BCUT2D eigenvalue weighted by Gasteiger charge is 2.27. The Kier molecular flexibility index (Phi) is 7.44. The smallest absolute Gasteiger partial charge is 0.345 e. The van der Waals surface area contributed by atoms with E-state index < -0.39 is 0 Å². The van der Waals surface area contributed by atoms with Gasteiger partial charge < -0.3 is 10.1 Å². The summed E-state index contributed by atoms with van der Waals surface area (Å²) >= 11 is 0. The number of carbonyl (C=O) groups is 1. The second kappa shape index (κ2) is 10.0. The van der Waals surface area contributed by atoms with Gasteiger partial charge in [0.05, 0.1) is 19.7 Å². The molecule has 8 nitrogen and oxygen atoms in total. The Balaban J connectivity index is 1.57. The van der Waals surface area contributed by atoms with Gasteiger partial charge in [0, 0.05) is 25.3 Å². The minimum atomic E-state index is -0.0696. The number of hydrogen-bond donors (Lipinski definition) is 1. The highest BCUT2D eigenvalue weighted by molar-refractivity contribution is 5.93. The van der Waals surface area contributed by atoms with Gasteiger partial charge in [-0.1, -0.05) is 17.7 Å². The summed E-state index contributed by atoms with van der Waals surface area (Å²) in [5, 5.41) is 7.61. The van der Waals surface area contributed by atoms with Gasteiger partial charge in [-0.15, -0.1) is 0 Å². The Labute approximate surface area is 177 Å². The van der Waals surface area contributed by atoms with Crippen molar-refractivity contribution < 1.29 is 9.53 Å². The molecule has 0 atom stereocenters. The van der Waals surface area contributed by atoms with Gasteiger partial charge in [-0.05, 0) is 58.3 Å². The predicted molar refractivity (Wildman–Crippen MR) is 117 cm³/mol. The van der Waals surface area contributed by atoms with Crippen molar-refractivity contribution >= 4 is 11.6 Å². The fourth-order valence-electron chi connectivity index (χ4n) is 4.08. The molecule has 0 bridgehead atoms. The highest BCUT2D eigenvalue weighted by atomic mass is 16.5. The van der Waals surface area contributed by atoms with Crippen molar-refractivity contribution in [2.24, 2.45) is 0 Å². The summed E-state index contributed by atoms with van der Waals surface area (Å²) in [7, 11) is 1.62. The third-order valence-corrected chi connectivity index (χ3v) is 5.75. The molecule has 1 aliphatic heterocycles. The van der Waals surface area contributed by atoms with Crippen LogP contribution in [-0.2, 0) is 22.6 Å². The van der Waals surface area contributed by atoms with Crippen molar-refractivity contribution in [2.75, 3.05) is 38.7 Å². The molecule has 30 heavy (non-hydrogen) atoms. The number of rotatable bonds is 8. The van der Waals surface area contributed by atoms with Crippen molar-refractivity contribution in [1.29, 1.82) is 0 Å². The van der Waals surface area contributed by atoms with Gasteiger partial charge in [-0.2, -0.15) is 5.10 Å². The summed E-state index contributed by atoms with van der Waals surface area (Å²) in [6, 6.07) is 6.03. The molecule has 0 saturated carbocycles. The maximum absolute atomic E-state index is 12.5. The maximum atomic E-state index is 12.5. The van der Waals surface area contributed by atoms with E-state index in [2.05, 4.69) is 21.4 Å². The van der Waals surface area contributed by atoms with Gasteiger partial charge in [0.1, 0.15) is 5.82 Å². The second-order valence-corrected chi connectivity index (χ2v) is 8.02. The number of nitrogens with one attached hydrogen (secondary N) is 1. The van der Waals surface area contributed by atoms with Gasteiger partial charge in [-0.25, -0.2) is 9.48 Å². The number of benzene rings is 1. The summed E-state index contributed by atoms with van der Waals surface area (Å²) in [5.41, 5.74) is 3.06. The number of piperidine rings is 1. The summed E-state index contributed by atoms with van der Waals surface area (Å²) < 4.78 is 8.35. The van der Waals surface area contributed by atoms with E-state index in [-0.39, 0.29) is 17.5 Å². The van der Waals surface area contributed by atoms with E-state index >= 15 is 0 Å². The van der Waals surface area contributed by atoms with Crippen LogP contribution in [0.2, 0.25) is 0 Å². The van der Waals surface area contributed by atoms with Gasteiger partial charge in [0.15, 0.2) is 0 Å². The minimum Gasteiger partial charge on any atom is -0.383 e. The maximum Gasteiger partial charge on any atom is 0.345 e. The molecule has 1 N–H and O–H groups in total. The van der Waals surface area contributed by atoms with Crippen LogP contribution in [0, 0.1) is 13.8 Å². The Morgan fingerprint density at radius 2 is 2.00 bits per heavy atom. The van der Waals surface area contributed by atoms with E-state index in [0.29, 0.717) is 26.2 Å². The lowest BCUT2D eigenvalue weighted by Gasteiger charge is -2.31. The number of hydrogen-bond acceptors (Lipinski definition) is 5. The Bertz CT molecular complexity index is 925. The number of ether oxygens (including phenoxy) is 1. The molecule has 0 spiro atoms. The lowest BCUT2D eigenvalue weighted by molar-refractivity contribution is -0.117. The van der Waals surface area contributed by atoms with Crippen LogP contribution in [0.25, 0.3) is 0 Å². The zero-order valence-electron chi connectivity index (χ0n) is 18.5. The molecular formula is C22H33N5O3. The third-order valence-electron chi connectivity index (χ3n) is 5.75. The van der Waals surface area contributed by atoms with Crippen molar-refractivity contribution in [2.45, 2.75) is 52.6 Å². The van der Waals surface area contributed by atoms with E-state index in [1.54, 1.807) is 11.7 Å². The molecule has 1 fully saturated rings. The first-order valence-electron chi connectivity index (χ1n) is 10.7. The Hall–Kier alpha value is -2.45. The normalized spacial score (nSPS) is 15.5. The number of carbonyl (C=O) groups excluding carboxylic acids is 1. The lowest BCUT2D eigenvalue weighted by Crippen LogP contribution is -2.39. The van der Waals surface area contributed by atoms with Crippen molar-refractivity contribution in [3.8, 4) is 0 Å². The van der Waals surface area contributed by atoms with Crippen LogP contribution in [0.1, 0.15) is 42.6 Å². The van der Waals surface area contributed by atoms with Crippen molar-refractivity contribution in [3.63, 3.8) is 0 Å². The van der Waals surface area contributed by atoms with Crippen molar-refractivity contribution in [3.05, 3.63) is 45.6 Å². The fourth-order valence-corrected chi connectivity index (χ4v) is 4.08. The van der Waals surface area contributed by atoms with Crippen LogP contribution in [0.5, 0.6) is 0 Å². The molecule has 1 aromatic carbocycles. The first-order valence-corrected chi connectivity index (χ1v) is 10.7. The second-order valence-electron chi connectivity index (χ2n) is 8.02. The van der Waals surface area contributed by atoms with E-state index in [0.717, 1.165) is 43.0 Å². The van der Waals surface area contributed by atoms with Crippen molar-refractivity contribution in [1.82, 2.24) is 19.2 Å². The molecular weight excluding hydrogens is 382 g/mol. The molecule has 1 aromatic heterocycles. The third kappa shape index (κ3) is 5.17.